The smallest absolute Gasteiger partial charge is 0.140 e. The Kier molecular flexibility index (Phi) is 4.54. The van der Waals surface area contributed by atoms with Crippen molar-refractivity contribution in [2.75, 3.05) is 11.9 Å². The van der Waals surface area contributed by atoms with Gasteiger partial charge in [0.05, 0.1) is 4.47 Å². The molecule has 0 saturated carbocycles. The van der Waals surface area contributed by atoms with Gasteiger partial charge in [-0.2, -0.15) is 0 Å². The van der Waals surface area contributed by atoms with Crippen molar-refractivity contribution in [1.29, 1.82) is 0 Å². The van der Waals surface area contributed by atoms with Crippen LogP contribution in [0.5, 0.6) is 0 Å². The minimum atomic E-state index is -0.322. The third kappa shape index (κ3) is 3.37. The summed E-state index contributed by atoms with van der Waals surface area (Å²) < 4.78 is 13.7. The molecule has 0 radical (unpaired) electrons. The van der Waals surface area contributed by atoms with Crippen molar-refractivity contribution in [3.8, 4) is 0 Å². The molecule has 1 rings (SSSR count). The second kappa shape index (κ2) is 5.69. The van der Waals surface area contributed by atoms with Crippen molar-refractivity contribution in [3.63, 3.8) is 0 Å². The minimum Gasteiger partial charge on any atom is -0.409 e. The van der Waals surface area contributed by atoms with Gasteiger partial charge in [-0.15, -0.1) is 0 Å². The van der Waals surface area contributed by atoms with E-state index in [-0.39, 0.29) is 11.7 Å². The summed E-state index contributed by atoms with van der Waals surface area (Å²) in [4.78, 5) is 0. The lowest BCUT2D eigenvalue weighted by Crippen LogP contribution is -2.16. The Morgan fingerprint density at radius 2 is 2.31 bits per heavy atom. The first-order valence-electron chi connectivity index (χ1n) is 4.70. The first-order chi connectivity index (χ1) is 7.54. The summed E-state index contributed by atoms with van der Waals surface area (Å²) in [5.41, 5.74) is 6.93. The predicted molar refractivity (Wildman–Crippen MR) is 65.4 cm³/mol. The standard InChI is InChI=1S/C10H13BrFN3O/c1-6-4-7(11)8(12)5-9(6)14-3-2-10(13)15-16/h4-5,14,16H,2-3H2,1H3,(H2,13,15). The van der Waals surface area contributed by atoms with E-state index in [1.807, 2.05) is 6.92 Å². The number of halogens is 2. The van der Waals surface area contributed by atoms with Gasteiger partial charge >= 0.3 is 0 Å². The van der Waals surface area contributed by atoms with E-state index in [0.717, 1.165) is 5.56 Å². The van der Waals surface area contributed by atoms with Gasteiger partial charge in [0.1, 0.15) is 11.7 Å². The van der Waals surface area contributed by atoms with Gasteiger partial charge in [0.25, 0.3) is 0 Å². The normalized spacial score (nSPS) is 11.6. The number of nitrogens with two attached hydrogens (primary N) is 1. The van der Waals surface area contributed by atoms with Crippen molar-refractivity contribution in [1.82, 2.24) is 0 Å². The van der Waals surface area contributed by atoms with Crippen LogP contribution in [0, 0.1) is 12.7 Å². The Labute approximate surface area is 101 Å². The zero-order valence-electron chi connectivity index (χ0n) is 8.80. The number of rotatable bonds is 4. The third-order valence-electron chi connectivity index (χ3n) is 2.09. The van der Waals surface area contributed by atoms with E-state index in [0.29, 0.717) is 23.1 Å². The van der Waals surface area contributed by atoms with Crippen molar-refractivity contribution in [3.05, 3.63) is 28.0 Å². The SMILES string of the molecule is Cc1cc(Br)c(F)cc1NCC/C(N)=N/O. The molecule has 16 heavy (non-hydrogen) atoms. The number of benzene rings is 1. The van der Waals surface area contributed by atoms with Gasteiger partial charge in [0.15, 0.2) is 0 Å². The molecule has 0 fully saturated rings. The fraction of sp³-hybridized carbons (Fsp3) is 0.300. The van der Waals surface area contributed by atoms with Gasteiger partial charge in [-0.25, -0.2) is 4.39 Å². The molecular weight excluding hydrogens is 277 g/mol. The molecule has 0 amide bonds. The molecule has 0 aliphatic rings. The number of anilines is 1. The number of nitrogens with zero attached hydrogens (tertiary/aromatic N) is 1. The molecule has 0 aliphatic carbocycles. The molecule has 0 spiro atoms. The van der Waals surface area contributed by atoms with Crippen LogP contribution in [0.4, 0.5) is 10.1 Å². The Balaban J connectivity index is 2.64. The van der Waals surface area contributed by atoms with Gasteiger partial charge in [0, 0.05) is 18.7 Å². The predicted octanol–water partition coefficient (Wildman–Crippen LogP) is 2.45. The van der Waals surface area contributed by atoms with E-state index >= 15 is 0 Å². The first-order valence-corrected chi connectivity index (χ1v) is 5.50. The largest absolute Gasteiger partial charge is 0.409 e. The van der Waals surface area contributed by atoms with Gasteiger partial charge < -0.3 is 16.3 Å². The Morgan fingerprint density at radius 1 is 1.62 bits per heavy atom. The lowest BCUT2D eigenvalue weighted by molar-refractivity contribution is 0.317. The highest BCUT2D eigenvalue weighted by molar-refractivity contribution is 9.10. The van der Waals surface area contributed by atoms with Crippen molar-refractivity contribution < 1.29 is 9.60 Å². The monoisotopic (exact) mass is 289 g/mol. The van der Waals surface area contributed by atoms with E-state index in [1.54, 1.807) is 6.07 Å². The number of oxime groups is 1. The first kappa shape index (κ1) is 12.8. The number of amidine groups is 1. The summed E-state index contributed by atoms with van der Waals surface area (Å²) in [5.74, 6) is -0.181. The van der Waals surface area contributed by atoms with Gasteiger partial charge in [-0.1, -0.05) is 5.16 Å². The summed E-state index contributed by atoms with van der Waals surface area (Å²) in [6.45, 7) is 2.35. The fourth-order valence-electron chi connectivity index (χ4n) is 1.21. The van der Waals surface area contributed by atoms with Crippen LogP contribution in [0.15, 0.2) is 21.8 Å². The summed E-state index contributed by atoms with van der Waals surface area (Å²) in [6, 6.07) is 3.10. The molecule has 0 unspecified atom stereocenters. The van der Waals surface area contributed by atoms with Crippen LogP contribution >= 0.6 is 15.9 Å². The van der Waals surface area contributed by atoms with E-state index in [4.69, 9.17) is 10.9 Å². The molecule has 0 atom stereocenters. The molecule has 0 heterocycles. The van der Waals surface area contributed by atoms with Gasteiger partial charge in [0.2, 0.25) is 0 Å². The van der Waals surface area contributed by atoms with Crippen molar-refractivity contribution in [2.45, 2.75) is 13.3 Å². The van der Waals surface area contributed by atoms with Crippen LogP contribution in [0.25, 0.3) is 0 Å². The molecule has 6 heteroatoms. The highest BCUT2D eigenvalue weighted by Crippen LogP contribution is 2.23. The lowest BCUT2D eigenvalue weighted by Gasteiger charge is -2.10. The Hall–Kier alpha value is -1.30. The second-order valence-electron chi connectivity index (χ2n) is 3.35. The van der Waals surface area contributed by atoms with Crippen LogP contribution < -0.4 is 11.1 Å². The maximum absolute atomic E-state index is 13.2. The Bertz CT molecular complexity index is 409. The molecule has 1 aromatic carbocycles. The van der Waals surface area contributed by atoms with Crippen LogP contribution in [0.3, 0.4) is 0 Å². The molecule has 4 N–H and O–H groups in total. The molecule has 88 valence electrons. The number of hydrogen-bond acceptors (Lipinski definition) is 3. The molecule has 0 bridgehead atoms. The van der Waals surface area contributed by atoms with E-state index in [1.165, 1.54) is 6.07 Å². The van der Waals surface area contributed by atoms with Gasteiger partial charge in [-0.05, 0) is 40.5 Å². The molecule has 0 saturated heterocycles. The quantitative estimate of drug-likeness (QED) is 0.345. The summed E-state index contributed by atoms with van der Waals surface area (Å²) in [5, 5.41) is 14.2. The fourth-order valence-corrected chi connectivity index (χ4v) is 1.67. The van der Waals surface area contributed by atoms with Crippen molar-refractivity contribution in [2.24, 2.45) is 10.9 Å². The highest BCUT2D eigenvalue weighted by Gasteiger charge is 2.04. The Morgan fingerprint density at radius 3 is 2.94 bits per heavy atom. The molecular formula is C10H13BrFN3O. The topological polar surface area (TPSA) is 70.6 Å². The third-order valence-corrected chi connectivity index (χ3v) is 2.70. The molecule has 0 aliphatic heterocycles. The lowest BCUT2D eigenvalue weighted by atomic mass is 10.2. The highest BCUT2D eigenvalue weighted by atomic mass is 79.9. The minimum absolute atomic E-state index is 0.141. The zero-order chi connectivity index (χ0) is 12.1. The van der Waals surface area contributed by atoms with E-state index < -0.39 is 0 Å². The van der Waals surface area contributed by atoms with Crippen LogP contribution in [-0.4, -0.2) is 17.6 Å². The number of hydrogen-bond donors (Lipinski definition) is 3. The van der Waals surface area contributed by atoms with Crippen LogP contribution in [0.1, 0.15) is 12.0 Å². The maximum Gasteiger partial charge on any atom is 0.140 e. The average Bonchev–Trinajstić information content (AvgIpc) is 2.25. The maximum atomic E-state index is 13.2. The summed E-state index contributed by atoms with van der Waals surface area (Å²) in [6.07, 6.45) is 0.396. The molecule has 0 aromatic heterocycles. The zero-order valence-corrected chi connectivity index (χ0v) is 10.4. The van der Waals surface area contributed by atoms with E-state index in [2.05, 4.69) is 26.4 Å². The molecule has 1 aromatic rings. The summed E-state index contributed by atoms with van der Waals surface area (Å²) >= 11 is 3.11. The van der Waals surface area contributed by atoms with E-state index in [9.17, 15) is 4.39 Å². The number of aryl methyl sites for hydroxylation is 1. The molecule has 4 nitrogen and oxygen atoms in total. The summed E-state index contributed by atoms with van der Waals surface area (Å²) in [7, 11) is 0. The van der Waals surface area contributed by atoms with Crippen LogP contribution in [0.2, 0.25) is 0 Å². The number of nitrogens with one attached hydrogen (secondary N) is 1. The average molecular weight is 290 g/mol. The second-order valence-corrected chi connectivity index (χ2v) is 4.20. The van der Waals surface area contributed by atoms with Gasteiger partial charge in [-0.3, -0.25) is 0 Å². The van der Waals surface area contributed by atoms with Crippen LogP contribution in [-0.2, 0) is 0 Å². The van der Waals surface area contributed by atoms with Crippen molar-refractivity contribution >= 4 is 27.5 Å².